The molecule has 0 aliphatic heterocycles. The van der Waals surface area contributed by atoms with Crippen LogP contribution in [0.3, 0.4) is 0 Å². The third-order valence-electron chi connectivity index (χ3n) is 3.71. The predicted octanol–water partition coefficient (Wildman–Crippen LogP) is 2.17. The van der Waals surface area contributed by atoms with Crippen molar-refractivity contribution in [3.8, 4) is 0 Å². The standard InChI is InChI=1S/C16H25N3O3S.ClH/c1-10(2)8-14(17)16(20)18-13-5-4-11(3)15(9-13)23(21,22)19-12-6-7-12;/h4-5,9-10,12,14,19H,6-8,17H2,1-3H3,(H,18,20);1H/t14-;/m0./s1. The Labute approximate surface area is 150 Å². The summed E-state index contributed by atoms with van der Waals surface area (Å²) in [5, 5.41) is 2.70. The van der Waals surface area contributed by atoms with E-state index in [1.807, 2.05) is 13.8 Å². The third kappa shape index (κ3) is 5.73. The number of benzene rings is 1. The second-order valence-electron chi connectivity index (χ2n) is 6.60. The van der Waals surface area contributed by atoms with Crippen LogP contribution in [0.25, 0.3) is 0 Å². The Hall–Kier alpha value is -1.15. The number of amides is 1. The number of anilines is 1. The zero-order valence-corrected chi connectivity index (χ0v) is 15.8. The second-order valence-corrected chi connectivity index (χ2v) is 8.28. The zero-order valence-electron chi connectivity index (χ0n) is 14.2. The summed E-state index contributed by atoms with van der Waals surface area (Å²) in [5.41, 5.74) is 6.93. The quantitative estimate of drug-likeness (QED) is 0.679. The van der Waals surface area contributed by atoms with Crippen LogP contribution in [0.2, 0.25) is 0 Å². The van der Waals surface area contributed by atoms with E-state index in [1.54, 1.807) is 19.1 Å². The molecule has 1 saturated carbocycles. The van der Waals surface area contributed by atoms with Gasteiger partial charge >= 0.3 is 0 Å². The highest BCUT2D eigenvalue weighted by Gasteiger charge is 2.29. The molecule has 8 heteroatoms. The fourth-order valence-corrected chi connectivity index (χ4v) is 3.88. The topological polar surface area (TPSA) is 101 Å². The monoisotopic (exact) mass is 375 g/mol. The van der Waals surface area contributed by atoms with Crippen molar-refractivity contribution in [3.05, 3.63) is 23.8 Å². The van der Waals surface area contributed by atoms with Gasteiger partial charge in [0.25, 0.3) is 0 Å². The largest absolute Gasteiger partial charge is 0.325 e. The molecule has 0 bridgehead atoms. The van der Waals surface area contributed by atoms with Crippen molar-refractivity contribution in [1.82, 2.24) is 4.72 Å². The van der Waals surface area contributed by atoms with Crippen molar-refractivity contribution in [3.63, 3.8) is 0 Å². The molecule has 0 spiro atoms. The summed E-state index contributed by atoms with van der Waals surface area (Å²) in [6.07, 6.45) is 2.32. The summed E-state index contributed by atoms with van der Waals surface area (Å²) in [7, 11) is -3.56. The molecule has 0 unspecified atom stereocenters. The molecule has 24 heavy (non-hydrogen) atoms. The van der Waals surface area contributed by atoms with Crippen LogP contribution in [0.4, 0.5) is 5.69 Å². The molecule has 1 atom stereocenters. The van der Waals surface area contributed by atoms with E-state index in [4.69, 9.17) is 5.73 Å². The maximum atomic E-state index is 12.4. The number of carbonyl (C=O) groups excluding carboxylic acids is 1. The predicted molar refractivity (Wildman–Crippen MR) is 97.8 cm³/mol. The molecule has 1 fully saturated rings. The minimum absolute atomic E-state index is 0. The molecule has 1 aliphatic rings. The van der Waals surface area contributed by atoms with E-state index in [0.717, 1.165) is 12.8 Å². The number of hydrogen-bond acceptors (Lipinski definition) is 4. The van der Waals surface area contributed by atoms with Crippen molar-refractivity contribution in [2.75, 3.05) is 5.32 Å². The van der Waals surface area contributed by atoms with Crippen molar-refractivity contribution in [2.24, 2.45) is 11.7 Å². The highest BCUT2D eigenvalue weighted by molar-refractivity contribution is 7.89. The smallest absolute Gasteiger partial charge is 0.241 e. The van der Waals surface area contributed by atoms with Gasteiger partial charge in [0, 0.05) is 11.7 Å². The van der Waals surface area contributed by atoms with Gasteiger partial charge in [0.15, 0.2) is 0 Å². The molecule has 1 aromatic carbocycles. The van der Waals surface area contributed by atoms with E-state index in [-0.39, 0.29) is 29.3 Å². The maximum Gasteiger partial charge on any atom is 0.241 e. The van der Waals surface area contributed by atoms with Gasteiger partial charge < -0.3 is 11.1 Å². The van der Waals surface area contributed by atoms with E-state index >= 15 is 0 Å². The third-order valence-corrected chi connectivity index (χ3v) is 5.37. The minimum Gasteiger partial charge on any atom is -0.325 e. The number of hydrogen-bond donors (Lipinski definition) is 3. The first-order chi connectivity index (χ1) is 10.7. The Morgan fingerprint density at radius 2 is 1.96 bits per heavy atom. The summed E-state index contributed by atoms with van der Waals surface area (Å²) in [6, 6.07) is 4.29. The van der Waals surface area contributed by atoms with E-state index < -0.39 is 16.1 Å². The first-order valence-corrected chi connectivity index (χ1v) is 9.37. The number of carbonyl (C=O) groups is 1. The van der Waals surface area contributed by atoms with Gasteiger partial charge in [-0.2, -0.15) is 0 Å². The number of nitrogens with one attached hydrogen (secondary N) is 2. The molecule has 1 aromatic rings. The Morgan fingerprint density at radius 1 is 1.33 bits per heavy atom. The van der Waals surface area contributed by atoms with E-state index in [1.165, 1.54) is 6.07 Å². The molecule has 0 radical (unpaired) electrons. The van der Waals surface area contributed by atoms with Crippen molar-refractivity contribution in [2.45, 2.75) is 57.0 Å². The van der Waals surface area contributed by atoms with Gasteiger partial charge in [-0.15, -0.1) is 12.4 Å². The van der Waals surface area contributed by atoms with Crippen LogP contribution >= 0.6 is 12.4 Å². The Morgan fingerprint density at radius 3 is 2.50 bits per heavy atom. The van der Waals surface area contributed by atoms with Gasteiger partial charge in [-0.3, -0.25) is 4.79 Å². The first-order valence-electron chi connectivity index (χ1n) is 7.88. The summed E-state index contributed by atoms with van der Waals surface area (Å²) in [6.45, 7) is 5.72. The fraction of sp³-hybridized carbons (Fsp3) is 0.562. The van der Waals surface area contributed by atoms with E-state index in [9.17, 15) is 13.2 Å². The Bertz CT molecular complexity index is 688. The van der Waals surface area contributed by atoms with Gasteiger partial charge in [0.1, 0.15) is 0 Å². The average molecular weight is 376 g/mol. The van der Waals surface area contributed by atoms with Crippen molar-refractivity contribution >= 4 is 34.0 Å². The molecular formula is C16H26ClN3O3S. The van der Waals surface area contributed by atoms with Crippen LogP contribution < -0.4 is 15.8 Å². The van der Waals surface area contributed by atoms with Crippen LogP contribution in [0.1, 0.15) is 38.7 Å². The summed E-state index contributed by atoms with van der Waals surface area (Å²) in [4.78, 5) is 12.3. The van der Waals surface area contributed by atoms with Gasteiger partial charge in [0.05, 0.1) is 10.9 Å². The van der Waals surface area contributed by atoms with Crippen molar-refractivity contribution < 1.29 is 13.2 Å². The Kier molecular flexibility index (Phi) is 7.22. The zero-order chi connectivity index (χ0) is 17.2. The average Bonchev–Trinajstić information content (AvgIpc) is 3.23. The first kappa shape index (κ1) is 20.9. The van der Waals surface area contributed by atoms with Crippen LogP contribution in [0.15, 0.2) is 23.1 Å². The molecular weight excluding hydrogens is 350 g/mol. The molecule has 4 N–H and O–H groups in total. The lowest BCUT2D eigenvalue weighted by atomic mass is 10.0. The van der Waals surface area contributed by atoms with Crippen molar-refractivity contribution in [1.29, 1.82) is 0 Å². The van der Waals surface area contributed by atoms with Crippen LogP contribution in [0, 0.1) is 12.8 Å². The highest BCUT2D eigenvalue weighted by atomic mass is 35.5. The lowest BCUT2D eigenvalue weighted by Gasteiger charge is -2.15. The number of rotatable bonds is 7. The second kappa shape index (κ2) is 8.29. The van der Waals surface area contributed by atoms with E-state index in [0.29, 0.717) is 23.6 Å². The number of halogens is 1. The minimum atomic E-state index is -3.56. The molecule has 2 rings (SSSR count). The summed E-state index contributed by atoms with van der Waals surface area (Å²) in [5.74, 6) is 0.00787. The lowest BCUT2D eigenvalue weighted by Crippen LogP contribution is -2.36. The number of nitrogens with two attached hydrogens (primary N) is 1. The summed E-state index contributed by atoms with van der Waals surface area (Å²) >= 11 is 0. The molecule has 1 amide bonds. The van der Waals surface area contributed by atoms with Gasteiger partial charge in [-0.25, -0.2) is 13.1 Å². The van der Waals surface area contributed by atoms with Gasteiger partial charge in [-0.1, -0.05) is 19.9 Å². The molecule has 0 aromatic heterocycles. The molecule has 6 nitrogen and oxygen atoms in total. The van der Waals surface area contributed by atoms with Crippen LogP contribution in [-0.4, -0.2) is 26.4 Å². The molecule has 0 heterocycles. The van der Waals surface area contributed by atoms with Crippen LogP contribution in [-0.2, 0) is 14.8 Å². The highest BCUT2D eigenvalue weighted by Crippen LogP contribution is 2.25. The maximum absolute atomic E-state index is 12.4. The SMILES string of the molecule is Cc1ccc(NC(=O)[C@@H](N)CC(C)C)cc1S(=O)(=O)NC1CC1.Cl. The Balaban J connectivity index is 0.00000288. The lowest BCUT2D eigenvalue weighted by molar-refractivity contribution is -0.117. The normalized spacial score (nSPS) is 15.7. The van der Waals surface area contributed by atoms with E-state index in [2.05, 4.69) is 10.0 Å². The van der Waals surface area contributed by atoms with Crippen LogP contribution in [0.5, 0.6) is 0 Å². The fourth-order valence-electron chi connectivity index (χ4n) is 2.30. The number of aryl methyl sites for hydroxylation is 1. The van der Waals surface area contributed by atoms with Gasteiger partial charge in [-0.05, 0) is 49.8 Å². The number of sulfonamides is 1. The summed E-state index contributed by atoms with van der Waals surface area (Å²) < 4.78 is 27.4. The van der Waals surface area contributed by atoms with Gasteiger partial charge in [0.2, 0.25) is 15.9 Å². The molecule has 1 aliphatic carbocycles. The molecule has 0 saturated heterocycles. The molecule has 136 valence electrons.